The second kappa shape index (κ2) is 14.4. The predicted molar refractivity (Wildman–Crippen MR) is 140 cm³/mol. The van der Waals surface area contributed by atoms with Gasteiger partial charge in [0.25, 0.3) is 5.91 Å². The molecule has 0 fully saturated rings. The highest BCUT2D eigenvalue weighted by Crippen LogP contribution is 2.13. The lowest BCUT2D eigenvalue weighted by Crippen LogP contribution is -2.55. The molecule has 0 spiro atoms. The minimum Gasteiger partial charge on any atom is -0.345 e. The van der Waals surface area contributed by atoms with Crippen LogP contribution < -0.4 is 21.3 Å². The largest absolute Gasteiger partial charge is 0.345 e. The van der Waals surface area contributed by atoms with Crippen LogP contribution in [0.2, 0.25) is 0 Å². The molecule has 0 saturated heterocycles. The van der Waals surface area contributed by atoms with Crippen molar-refractivity contribution in [2.75, 3.05) is 0 Å². The maximum absolute atomic E-state index is 13.0. The Bertz CT molecular complexity index is 1140. The van der Waals surface area contributed by atoms with Crippen LogP contribution in [0, 0.1) is 24.2 Å². The van der Waals surface area contributed by atoms with Gasteiger partial charge in [-0.15, -0.1) is 0 Å². The van der Waals surface area contributed by atoms with E-state index in [1.807, 2.05) is 44.2 Å². The molecule has 0 aliphatic heterocycles. The number of ketones is 1. The fourth-order valence-electron chi connectivity index (χ4n) is 3.77. The average Bonchev–Trinajstić information content (AvgIpc) is 2.88. The van der Waals surface area contributed by atoms with Crippen molar-refractivity contribution >= 4 is 23.6 Å². The molecule has 1 unspecified atom stereocenters. The van der Waals surface area contributed by atoms with Crippen molar-refractivity contribution in [1.29, 1.82) is 5.26 Å². The van der Waals surface area contributed by atoms with E-state index in [2.05, 4.69) is 27.3 Å². The highest BCUT2D eigenvalue weighted by Gasteiger charge is 2.29. The zero-order valence-electron chi connectivity index (χ0n) is 21.8. The molecule has 0 radical (unpaired) electrons. The molecule has 9 heteroatoms. The maximum Gasteiger partial charge on any atom is 0.315 e. The predicted octanol–water partition coefficient (Wildman–Crippen LogP) is 2.86. The molecule has 0 aliphatic carbocycles. The third-order valence-corrected chi connectivity index (χ3v) is 5.80. The Morgan fingerprint density at radius 3 is 2.22 bits per heavy atom. The van der Waals surface area contributed by atoms with Crippen molar-refractivity contribution in [3.63, 3.8) is 0 Å². The van der Waals surface area contributed by atoms with Crippen LogP contribution >= 0.6 is 0 Å². The fraction of sp³-hybridized carbons (Fsp3) is 0.393. The Morgan fingerprint density at radius 1 is 0.892 bits per heavy atom. The lowest BCUT2D eigenvalue weighted by molar-refractivity contribution is -0.140. The topological polar surface area (TPSA) is 140 Å². The van der Waals surface area contributed by atoms with Gasteiger partial charge in [0.2, 0.25) is 11.7 Å². The third-order valence-electron chi connectivity index (χ3n) is 5.80. The minimum absolute atomic E-state index is 0.0125. The lowest BCUT2D eigenvalue weighted by atomic mass is 10.0. The molecule has 0 aliphatic rings. The van der Waals surface area contributed by atoms with Gasteiger partial charge >= 0.3 is 6.03 Å². The third kappa shape index (κ3) is 9.08. The fourth-order valence-corrected chi connectivity index (χ4v) is 3.77. The number of nitrogens with one attached hydrogen (secondary N) is 4. The first-order valence-corrected chi connectivity index (χ1v) is 12.4. The number of hydrogen-bond acceptors (Lipinski definition) is 5. The number of rotatable bonds is 12. The zero-order valence-corrected chi connectivity index (χ0v) is 21.8. The van der Waals surface area contributed by atoms with E-state index in [0.29, 0.717) is 24.1 Å². The number of benzene rings is 2. The Balaban J connectivity index is 1.98. The smallest absolute Gasteiger partial charge is 0.315 e. The number of nitriles is 1. The number of hydrogen-bond donors (Lipinski definition) is 4. The molecule has 0 saturated carbocycles. The van der Waals surface area contributed by atoms with Gasteiger partial charge in [-0.05, 0) is 42.4 Å². The molecular weight excluding hydrogens is 470 g/mol. The molecule has 4 N–H and O–H groups in total. The average molecular weight is 506 g/mol. The summed E-state index contributed by atoms with van der Waals surface area (Å²) in [5.41, 5.74) is 2.74. The number of urea groups is 1. The van der Waals surface area contributed by atoms with Gasteiger partial charge in [0.1, 0.15) is 6.04 Å². The van der Waals surface area contributed by atoms with Crippen molar-refractivity contribution in [1.82, 2.24) is 21.3 Å². The monoisotopic (exact) mass is 505 g/mol. The molecule has 0 heterocycles. The van der Waals surface area contributed by atoms with Crippen LogP contribution in [0.4, 0.5) is 4.79 Å². The van der Waals surface area contributed by atoms with E-state index < -0.39 is 35.7 Å². The summed E-state index contributed by atoms with van der Waals surface area (Å²) in [4.78, 5) is 50.8. The number of aryl methyl sites for hydroxylation is 1. The summed E-state index contributed by atoms with van der Waals surface area (Å²) >= 11 is 0. The normalized spacial score (nSPS) is 12.1. The Hall–Kier alpha value is -4.19. The highest BCUT2D eigenvalue weighted by molar-refractivity contribution is 6.38. The summed E-state index contributed by atoms with van der Waals surface area (Å²) in [6, 6.07) is 14.3. The van der Waals surface area contributed by atoms with E-state index in [9.17, 15) is 24.4 Å². The molecule has 4 amide bonds. The van der Waals surface area contributed by atoms with Crippen molar-refractivity contribution in [3.05, 3.63) is 70.8 Å². The molecule has 0 bridgehead atoms. The van der Waals surface area contributed by atoms with E-state index in [4.69, 9.17) is 0 Å². The summed E-state index contributed by atoms with van der Waals surface area (Å²) in [6.07, 6.45) is 0.548. The molecule has 0 aromatic heterocycles. The molecule has 196 valence electrons. The van der Waals surface area contributed by atoms with Crippen LogP contribution in [0.15, 0.2) is 48.5 Å². The zero-order chi connectivity index (χ0) is 27.4. The van der Waals surface area contributed by atoms with Crippen molar-refractivity contribution in [2.45, 2.75) is 65.7 Å². The van der Waals surface area contributed by atoms with Gasteiger partial charge in [-0.1, -0.05) is 69.3 Å². The van der Waals surface area contributed by atoms with E-state index in [-0.39, 0.29) is 18.9 Å². The van der Waals surface area contributed by atoms with Crippen molar-refractivity contribution in [3.8, 4) is 6.07 Å². The second-order valence-corrected chi connectivity index (χ2v) is 9.23. The van der Waals surface area contributed by atoms with Gasteiger partial charge in [0, 0.05) is 13.1 Å². The Morgan fingerprint density at radius 2 is 1.59 bits per heavy atom. The molecule has 9 nitrogen and oxygen atoms in total. The van der Waals surface area contributed by atoms with Gasteiger partial charge in [-0.25, -0.2) is 4.79 Å². The first kappa shape index (κ1) is 29.0. The summed E-state index contributed by atoms with van der Waals surface area (Å²) in [5, 5.41) is 19.9. The number of nitrogens with zero attached hydrogens (tertiary/aromatic N) is 1. The van der Waals surface area contributed by atoms with E-state index in [0.717, 1.165) is 11.1 Å². The molecule has 37 heavy (non-hydrogen) atoms. The van der Waals surface area contributed by atoms with Crippen LogP contribution in [0.25, 0.3) is 0 Å². The summed E-state index contributed by atoms with van der Waals surface area (Å²) in [5.74, 6) is -2.10. The van der Waals surface area contributed by atoms with Crippen molar-refractivity contribution in [2.24, 2.45) is 5.92 Å². The second-order valence-electron chi connectivity index (χ2n) is 9.23. The van der Waals surface area contributed by atoms with Crippen LogP contribution in [-0.2, 0) is 27.5 Å². The molecular formula is C28H35N5O4. The molecule has 2 rings (SSSR count). The van der Waals surface area contributed by atoms with Crippen LogP contribution in [0.3, 0.4) is 0 Å². The van der Waals surface area contributed by atoms with Gasteiger partial charge in [0.05, 0.1) is 17.7 Å². The van der Waals surface area contributed by atoms with Crippen LogP contribution in [0.5, 0.6) is 0 Å². The molecule has 2 aromatic rings. The van der Waals surface area contributed by atoms with Crippen LogP contribution in [-0.4, -0.2) is 35.7 Å². The number of carbonyl (C=O) groups is 4. The van der Waals surface area contributed by atoms with Gasteiger partial charge in [-0.2, -0.15) is 5.26 Å². The molecule has 2 aromatic carbocycles. The summed E-state index contributed by atoms with van der Waals surface area (Å²) in [6.45, 7) is 7.62. The maximum atomic E-state index is 13.0. The minimum atomic E-state index is -1.05. The molecule has 2 atom stereocenters. The van der Waals surface area contributed by atoms with Crippen molar-refractivity contribution < 1.29 is 19.2 Å². The standard InChI is InChI=1S/C28H35N5O4/c1-5-23(25(34)27(36)30-17-21-13-9-10-19(4)22(21)15-29)32-26(35)24(14-18(2)3)33-28(37)31-16-20-11-7-6-8-12-20/h6-13,18,23-24H,5,14,16-17H2,1-4H3,(H,30,36)(H,32,35)(H2,31,33,37)/t23?,24-/m0/s1. The lowest BCUT2D eigenvalue weighted by Gasteiger charge is -2.23. The summed E-state index contributed by atoms with van der Waals surface area (Å²) < 4.78 is 0. The van der Waals surface area contributed by atoms with E-state index >= 15 is 0 Å². The Labute approximate surface area is 218 Å². The Kier molecular flexibility index (Phi) is 11.3. The van der Waals surface area contributed by atoms with Gasteiger partial charge < -0.3 is 21.3 Å². The SMILES string of the molecule is CCC(NC(=O)[C@H](CC(C)C)NC(=O)NCc1ccccc1)C(=O)C(=O)NCc1cccc(C)c1C#N. The van der Waals surface area contributed by atoms with E-state index in [1.165, 1.54) is 0 Å². The van der Waals surface area contributed by atoms with E-state index in [1.54, 1.807) is 32.0 Å². The number of Topliss-reactive ketones (excluding diaryl/α,β-unsaturated/α-hetero) is 1. The first-order valence-electron chi connectivity index (χ1n) is 12.4. The van der Waals surface area contributed by atoms with Crippen LogP contribution in [0.1, 0.15) is 55.9 Å². The summed E-state index contributed by atoms with van der Waals surface area (Å²) in [7, 11) is 0. The van der Waals surface area contributed by atoms with Gasteiger partial charge in [-0.3, -0.25) is 14.4 Å². The van der Waals surface area contributed by atoms with Gasteiger partial charge in [0.15, 0.2) is 0 Å². The number of carbonyl (C=O) groups excluding carboxylic acids is 4. The highest BCUT2D eigenvalue weighted by atomic mass is 16.2. The quantitative estimate of drug-likeness (QED) is 0.328. The number of amides is 4. The first-order chi connectivity index (χ1) is 17.7.